The van der Waals surface area contributed by atoms with Crippen molar-refractivity contribution in [3.05, 3.63) is 80.1 Å². The van der Waals surface area contributed by atoms with Crippen LogP contribution in [-0.4, -0.2) is 63.3 Å². The van der Waals surface area contributed by atoms with Gasteiger partial charge in [-0.2, -0.15) is 0 Å². The molecule has 4 heterocycles. The van der Waals surface area contributed by atoms with Crippen molar-refractivity contribution in [3.8, 4) is 5.75 Å². The molecule has 222 valence electrons. The van der Waals surface area contributed by atoms with Crippen LogP contribution in [0.2, 0.25) is 0 Å². The molecule has 43 heavy (non-hydrogen) atoms. The molecule has 11 nitrogen and oxygen atoms in total. The first kappa shape index (κ1) is 27.3. The number of pyridine rings is 1. The fourth-order valence-corrected chi connectivity index (χ4v) is 6.08. The monoisotopic (exact) mass is 582 g/mol. The molecule has 2 amide bonds. The van der Waals surface area contributed by atoms with Gasteiger partial charge in [-0.05, 0) is 68.9 Å². The molecular weight excluding hydrogens is 548 g/mol. The molecule has 0 atom stereocenters. The van der Waals surface area contributed by atoms with E-state index in [-0.39, 0.29) is 35.1 Å². The molecule has 2 aliphatic carbocycles. The number of methoxy groups -OCH3 is 1. The van der Waals surface area contributed by atoms with Crippen LogP contribution in [0.15, 0.2) is 57.2 Å². The number of carbonyl (C=O) groups is 2. The van der Waals surface area contributed by atoms with Crippen LogP contribution in [0.4, 0.5) is 11.6 Å². The number of carbonyl (C=O) groups excluding carboxylic acids is 2. The van der Waals surface area contributed by atoms with E-state index in [9.17, 15) is 19.2 Å². The zero-order chi connectivity index (χ0) is 29.7. The lowest BCUT2D eigenvalue weighted by Gasteiger charge is -2.24. The van der Waals surface area contributed by atoms with E-state index < -0.39 is 0 Å². The quantitative estimate of drug-likeness (QED) is 0.362. The molecule has 4 aliphatic rings. The van der Waals surface area contributed by atoms with Gasteiger partial charge in [0.25, 0.3) is 11.5 Å². The van der Waals surface area contributed by atoms with Crippen molar-refractivity contribution in [2.75, 3.05) is 31.6 Å². The van der Waals surface area contributed by atoms with Crippen LogP contribution in [0.5, 0.6) is 5.75 Å². The van der Waals surface area contributed by atoms with Gasteiger partial charge in [-0.25, -0.2) is 14.8 Å². The molecule has 2 aromatic heterocycles. The summed E-state index contributed by atoms with van der Waals surface area (Å²) >= 11 is 0. The Kier molecular flexibility index (Phi) is 6.95. The second kappa shape index (κ2) is 10.9. The molecular formula is C32H34N6O5. The van der Waals surface area contributed by atoms with E-state index >= 15 is 0 Å². The topological polar surface area (TPSA) is 119 Å². The SMILES string of the molecule is COc1cccc(C(=O)N(CCCN2CCCC2=O)c2ccc(C3=Nc4c(c(=O)n(C5CC5)c(=O)n4C4CC4)C3)cn2)c1. The maximum Gasteiger partial charge on any atom is 0.333 e. The van der Waals surface area contributed by atoms with Crippen LogP contribution < -0.4 is 20.9 Å². The predicted octanol–water partition coefficient (Wildman–Crippen LogP) is 3.42. The summed E-state index contributed by atoms with van der Waals surface area (Å²) in [5.74, 6) is 1.49. The van der Waals surface area contributed by atoms with Crippen molar-refractivity contribution < 1.29 is 14.3 Å². The summed E-state index contributed by atoms with van der Waals surface area (Å²) in [5, 5.41) is 0. The Morgan fingerprint density at radius 3 is 2.51 bits per heavy atom. The highest BCUT2D eigenvalue weighted by Gasteiger charge is 2.37. The Balaban J connectivity index is 1.16. The minimum absolute atomic E-state index is 0.00279. The first-order chi connectivity index (χ1) is 20.9. The number of rotatable bonds is 10. The van der Waals surface area contributed by atoms with Gasteiger partial charge in [-0.1, -0.05) is 6.07 Å². The lowest BCUT2D eigenvalue weighted by Crippen LogP contribution is -2.40. The smallest absolute Gasteiger partial charge is 0.333 e. The van der Waals surface area contributed by atoms with E-state index in [2.05, 4.69) is 4.98 Å². The van der Waals surface area contributed by atoms with E-state index in [1.54, 1.807) is 53.1 Å². The standard InChI is InChI=1S/C32H34N6O5/c1-43-24-6-2-5-20(17-24)30(40)36(16-4-15-35-14-3-7-28(35)39)27-13-8-21(19-33-27)26-18-25-29(34-26)37(22-9-10-22)32(42)38(31(25)41)23-11-12-23/h2,5-6,8,13,17,19,22-23H,3-4,7,9-12,14-16,18H2,1H3. The van der Waals surface area contributed by atoms with Gasteiger partial charge in [0.1, 0.15) is 17.4 Å². The number of nitrogens with zero attached hydrogens (tertiary/aromatic N) is 6. The van der Waals surface area contributed by atoms with E-state index in [1.807, 2.05) is 11.0 Å². The highest BCUT2D eigenvalue weighted by atomic mass is 16.5. The van der Waals surface area contributed by atoms with Gasteiger partial charge >= 0.3 is 5.69 Å². The summed E-state index contributed by atoms with van der Waals surface area (Å²) < 4.78 is 8.49. The third kappa shape index (κ3) is 5.17. The van der Waals surface area contributed by atoms with Crippen molar-refractivity contribution in [3.63, 3.8) is 0 Å². The minimum atomic E-state index is -0.241. The molecule has 1 saturated heterocycles. The van der Waals surface area contributed by atoms with Gasteiger partial charge in [0.05, 0.1) is 18.4 Å². The summed E-state index contributed by atoms with van der Waals surface area (Å²) in [6.45, 7) is 1.71. The molecule has 0 unspecified atom stereocenters. The van der Waals surface area contributed by atoms with Crippen molar-refractivity contribution in [2.45, 2.75) is 63.5 Å². The Labute approximate surface area is 248 Å². The van der Waals surface area contributed by atoms with Crippen LogP contribution in [0.25, 0.3) is 0 Å². The molecule has 0 bridgehead atoms. The molecule has 2 saturated carbocycles. The third-order valence-corrected chi connectivity index (χ3v) is 8.70. The summed E-state index contributed by atoms with van der Waals surface area (Å²) in [4.78, 5) is 65.4. The first-order valence-corrected chi connectivity index (χ1v) is 15.1. The van der Waals surface area contributed by atoms with Gasteiger partial charge in [-0.3, -0.25) is 28.4 Å². The average molecular weight is 583 g/mol. The molecule has 3 fully saturated rings. The maximum absolute atomic E-state index is 13.7. The van der Waals surface area contributed by atoms with Crippen molar-refractivity contribution in [1.29, 1.82) is 0 Å². The van der Waals surface area contributed by atoms with Gasteiger partial charge in [0.15, 0.2) is 0 Å². The fourth-order valence-electron chi connectivity index (χ4n) is 6.08. The van der Waals surface area contributed by atoms with Crippen LogP contribution in [-0.2, 0) is 11.2 Å². The Bertz CT molecular complexity index is 1750. The largest absolute Gasteiger partial charge is 0.497 e. The number of hydrogen-bond acceptors (Lipinski definition) is 7. The van der Waals surface area contributed by atoms with Gasteiger partial charge in [0.2, 0.25) is 5.91 Å². The first-order valence-electron chi connectivity index (χ1n) is 15.1. The van der Waals surface area contributed by atoms with Crippen molar-refractivity contribution in [1.82, 2.24) is 19.0 Å². The van der Waals surface area contributed by atoms with Gasteiger partial charge in [-0.15, -0.1) is 0 Å². The van der Waals surface area contributed by atoms with E-state index in [0.717, 1.165) is 44.2 Å². The normalized spacial score (nSPS) is 17.7. The summed E-state index contributed by atoms with van der Waals surface area (Å²) in [7, 11) is 1.56. The van der Waals surface area contributed by atoms with Crippen LogP contribution in [0, 0.1) is 0 Å². The second-order valence-electron chi connectivity index (χ2n) is 11.8. The van der Waals surface area contributed by atoms with Crippen molar-refractivity contribution in [2.24, 2.45) is 4.99 Å². The number of anilines is 1. The molecule has 3 aromatic rings. The second-order valence-corrected chi connectivity index (χ2v) is 11.8. The zero-order valence-electron chi connectivity index (χ0n) is 24.2. The Morgan fingerprint density at radius 1 is 1.05 bits per heavy atom. The summed E-state index contributed by atoms with van der Waals surface area (Å²) in [6, 6.07) is 10.8. The predicted molar refractivity (Wildman–Crippen MR) is 161 cm³/mol. The van der Waals surface area contributed by atoms with Crippen LogP contribution in [0.1, 0.15) is 78.5 Å². The van der Waals surface area contributed by atoms with E-state index in [0.29, 0.717) is 66.6 Å². The lowest BCUT2D eigenvalue weighted by molar-refractivity contribution is -0.127. The number of ether oxygens (including phenoxy) is 1. The number of fused-ring (bicyclic) bond motifs is 1. The molecule has 0 N–H and O–H groups in total. The minimum Gasteiger partial charge on any atom is -0.497 e. The highest BCUT2D eigenvalue weighted by Crippen LogP contribution is 2.40. The number of benzene rings is 1. The Morgan fingerprint density at radius 2 is 1.84 bits per heavy atom. The van der Waals surface area contributed by atoms with E-state index in [4.69, 9.17) is 9.73 Å². The number of amides is 2. The molecule has 11 heteroatoms. The highest BCUT2D eigenvalue weighted by molar-refractivity contribution is 6.07. The van der Waals surface area contributed by atoms with Crippen LogP contribution >= 0.6 is 0 Å². The molecule has 1 aromatic carbocycles. The summed E-state index contributed by atoms with van der Waals surface area (Å²) in [6.07, 6.45) is 7.62. The number of aliphatic imine (C=N–C) groups is 1. The molecule has 0 radical (unpaired) electrons. The molecule has 7 rings (SSSR count). The van der Waals surface area contributed by atoms with Crippen molar-refractivity contribution >= 4 is 29.2 Å². The van der Waals surface area contributed by atoms with E-state index in [1.165, 1.54) is 4.57 Å². The molecule has 2 aliphatic heterocycles. The van der Waals surface area contributed by atoms with Crippen LogP contribution in [0.3, 0.4) is 0 Å². The summed E-state index contributed by atoms with van der Waals surface area (Å²) in [5.41, 5.74) is 2.01. The number of hydrogen-bond donors (Lipinski definition) is 0. The average Bonchev–Trinajstić information content (AvgIpc) is 3.95. The maximum atomic E-state index is 13.7. The fraction of sp³-hybridized carbons (Fsp3) is 0.438. The third-order valence-electron chi connectivity index (χ3n) is 8.70. The van der Waals surface area contributed by atoms with Gasteiger partial charge in [0, 0.05) is 61.9 Å². The zero-order valence-corrected chi connectivity index (χ0v) is 24.2. The number of aromatic nitrogens is 3. The lowest BCUT2D eigenvalue weighted by atomic mass is 10.1. The Hall–Kier alpha value is -4.54. The molecule has 0 spiro atoms. The number of likely N-dealkylation sites (tertiary alicyclic amines) is 1. The van der Waals surface area contributed by atoms with Gasteiger partial charge < -0.3 is 9.64 Å².